The number of likely N-dealkylation sites (N-methyl/N-ethyl adjacent to an activating group) is 1. The van der Waals surface area contributed by atoms with Crippen LogP contribution in [0.1, 0.15) is 23.0 Å². The molecular weight excluding hydrogens is 366 g/mol. The lowest BCUT2D eigenvalue weighted by atomic mass is 10.1. The van der Waals surface area contributed by atoms with Gasteiger partial charge in [-0.3, -0.25) is 4.79 Å². The van der Waals surface area contributed by atoms with Gasteiger partial charge in [0.1, 0.15) is 5.58 Å². The molecule has 0 unspecified atom stereocenters. The summed E-state index contributed by atoms with van der Waals surface area (Å²) in [4.78, 5) is 17.8. The first-order valence-electron chi connectivity index (χ1n) is 10.1. The average molecular weight is 393 g/mol. The number of rotatable bonds is 6. The minimum atomic E-state index is -0.252. The van der Waals surface area contributed by atoms with Crippen LogP contribution in [0.5, 0.6) is 0 Å². The highest BCUT2D eigenvalue weighted by molar-refractivity contribution is 6.07. The van der Waals surface area contributed by atoms with Crippen LogP contribution in [0.2, 0.25) is 0 Å². The molecular formula is C23H27N3O3. The SMILES string of the molecule is CCOCc1c(C(=O)Nc2ccccc2N2CCN(C)CC2)oc2ccccc12. The van der Waals surface area contributed by atoms with Crippen LogP contribution in [0, 0.1) is 0 Å². The topological polar surface area (TPSA) is 58.0 Å². The minimum Gasteiger partial charge on any atom is -0.451 e. The number of para-hydroxylation sites is 3. The van der Waals surface area contributed by atoms with Gasteiger partial charge in [0.25, 0.3) is 5.91 Å². The summed E-state index contributed by atoms with van der Waals surface area (Å²) in [7, 11) is 2.13. The lowest BCUT2D eigenvalue weighted by Crippen LogP contribution is -2.44. The molecule has 0 saturated carbocycles. The van der Waals surface area contributed by atoms with Crippen LogP contribution in [0.4, 0.5) is 11.4 Å². The van der Waals surface area contributed by atoms with Crippen molar-refractivity contribution >= 4 is 28.3 Å². The molecule has 1 amide bonds. The quantitative estimate of drug-likeness (QED) is 0.687. The molecule has 1 aromatic heterocycles. The number of hydrogen-bond acceptors (Lipinski definition) is 5. The number of hydrogen-bond donors (Lipinski definition) is 1. The van der Waals surface area contributed by atoms with Crippen LogP contribution >= 0.6 is 0 Å². The Hall–Kier alpha value is -2.83. The molecule has 0 aliphatic carbocycles. The number of amides is 1. The Morgan fingerprint density at radius 1 is 1.07 bits per heavy atom. The van der Waals surface area contributed by atoms with Gasteiger partial charge in [-0.05, 0) is 32.2 Å². The molecule has 4 rings (SSSR count). The molecule has 2 aromatic carbocycles. The molecule has 1 aliphatic rings. The van der Waals surface area contributed by atoms with Crippen molar-refractivity contribution in [2.24, 2.45) is 0 Å². The van der Waals surface area contributed by atoms with Gasteiger partial charge in [-0.25, -0.2) is 0 Å². The van der Waals surface area contributed by atoms with E-state index in [1.165, 1.54) is 0 Å². The Morgan fingerprint density at radius 2 is 1.79 bits per heavy atom. The van der Waals surface area contributed by atoms with Gasteiger partial charge in [0, 0.05) is 43.7 Å². The zero-order chi connectivity index (χ0) is 20.2. The lowest BCUT2D eigenvalue weighted by Gasteiger charge is -2.35. The number of carbonyl (C=O) groups is 1. The standard InChI is InChI=1S/C23H27N3O3/c1-3-28-16-18-17-8-4-7-11-21(17)29-22(18)23(27)24-19-9-5-6-10-20(19)26-14-12-25(2)13-15-26/h4-11H,3,12-16H2,1-2H3,(H,24,27). The molecule has 0 spiro atoms. The molecule has 0 atom stereocenters. The number of fused-ring (bicyclic) bond motifs is 1. The molecule has 29 heavy (non-hydrogen) atoms. The van der Waals surface area contributed by atoms with Crippen LogP contribution < -0.4 is 10.2 Å². The van der Waals surface area contributed by atoms with Crippen LogP contribution in [0.25, 0.3) is 11.0 Å². The second-order valence-electron chi connectivity index (χ2n) is 7.30. The Bertz CT molecular complexity index is 990. The van der Waals surface area contributed by atoms with Gasteiger partial charge in [-0.15, -0.1) is 0 Å². The van der Waals surface area contributed by atoms with Crippen molar-refractivity contribution in [1.82, 2.24) is 4.90 Å². The van der Waals surface area contributed by atoms with Gasteiger partial charge >= 0.3 is 0 Å². The fraction of sp³-hybridized carbons (Fsp3) is 0.348. The second-order valence-corrected chi connectivity index (χ2v) is 7.30. The normalized spacial score (nSPS) is 15.0. The first-order chi connectivity index (χ1) is 14.2. The third-order valence-electron chi connectivity index (χ3n) is 5.35. The number of benzene rings is 2. The maximum atomic E-state index is 13.2. The van der Waals surface area contributed by atoms with E-state index >= 15 is 0 Å². The first kappa shape index (κ1) is 19.5. The summed E-state index contributed by atoms with van der Waals surface area (Å²) in [6.07, 6.45) is 0. The molecule has 1 fully saturated rings. The molecule has 2 heterocycles. The third kappa shape index (κ3) is 4.13. The van der Waals surface area contributed by atoms with E-state index in [-0.39, 0.29) is 5.91 Å². The van der Waals surface area contributed by atoms with Crippen molar-refractivity contribution in [1.29, 1.82) is 0 Å². The number of carbonyl (C=O) groups excluding carboxylic acids is 1. The number of ether oxygens (including phenoxy) is 1. The van der Waals surface area contributed by atoms with Crippen molar-refractivity contribution in [3.63, 3.8) is 0 Å². The summed E-state index contributed by atoms with van der Waals surface area (Å²) in [5.41, 5.74) is 3.32. The fourth-order valence-electron chi connectivity index (χ4n) is 3.71. The van der Waals surface area contributed by atoms with E-state index < -0.39 is 0 Å². The molecule has 0 bridgehead atoms. The molecule has 1 saturated heterocycles. The van der Waals surface area contributed by atoms with Gasteiger partial charge in [-0.1, -0.05) is 30.3 Å². The van der Waals surface area contributed by atoms with Crippen molar-refractivity contribution < 1.29 is 13.9 Å². The zero-order valence-corrected chi connectivity index (χ0v) is 17.0. The number of anilines is 2. The van der Waals surface area contributed by atoms with Gasteiger partial charge in [0.15, 0.2) is 5.76 Å². The summed E-state index contributed by atoms with van der Waals surface area (Å²) in [5.74, 6) is 0.0605. The Morgan fingerprint density at radius 3 is 2.59 bits per heavy atom. The zero-order valence-electron chi connectivity index (χ0n) is 17.0. The Kier molecular flexibility index (Phi) is 5.83. The van der Waals surface area contributed by atoms with Crippen molar-refractivity contribution in [3.8, 4) is 0 Å². The highest BCUT2D eigenvalue weighted by Crippen LogP contribution is 2.30. The molecule has 6 heteroatoms. The minimum absolute atomic E-state index is 0.252. The van der Waals surface area contributed by atoms with Gasteiger partial charge < -0.3 is 24.3 Å². The third-order valence-corrected chi connectivity index (χ3v) is 5.35. The van der Waals surface area contributed by atoms with E-state index in [1.807, 2.05) is 49.4 Å². The van der Waals surface area contributed by atoms with Crippen LogP contribution in [-0.2, 0) is 11.3 Å². The van der Waals surface area contributed by atoms with Crippen molar-refractivity contribution in [3.05, 3.63) is 59.9 Å². The number of nitrogens with zero attached hydrogens (tertiary/aromatic N) is 2. The van der Waals surface area contributed by atoms with E-state index in [4.69, 9.17) is 9.15 Å². The number of piperazine rings is 1. The molecule has 6 nitrogen and oxygen atoms in total. The van der Waals surface area contributed by atoms with E-state index in [2.05, 4.69) is 28.2 Å². The summed E-state index contributed by atoms with van der Waals surface area (Å²) >= 11 is 0. The predicted octanol–water partition coefficient (Wildman–Crippen LogP) is 3.97. The summed E-state index contributed by atoms with van der Waals surface area (Å²) in [6, 6.07) is 15.6. The molecule has 1 N–H and O–H groups in total. The Labute approximate surface area is 171 Å². The highest BCUT2D eigenvalue weighted by atomic mass is 16.5. The van der Waals surface area contributed by atoms with Gasteiger partial charge in [0.05, 0.1) is 18.0 Å². The van der Waals surface area contributed by atoms with Crippen LogP contribution in [0.3, 0.4) is 0 Å². The van der Waals surface area contributed by atoms with Crippen molar-refractivity contribution in [2.45, 2.75) is 13.5 Å². The van der Waals surface area contributed by atoms with E-state index in [1.54, 1.807) is 0 Å². The monoisotopic (exact) mass is 393 g/mol. The summed E-state index contributed by atoms with van der Waals surface area (Å²) < 4.78 is 11.5. The van der Waals surface area contributed by atoms with Crippen LogP contribution in [0.15, 0.2) is 52.9 Å². The Balaban J connectivity index is 1.62. The molecule has 3 aromatic rings. The smallest absolute Gasteiger partial charge is 0.291 e. The van der Waals surface area contributed by atoms with Crippen molar-refractivity contribution in [2.75, 3.05) is 50.1 Å². The molecule has 1 aliphatic heterocycles. The van der Waals surface area contributed by atoms with E-state index in [9.17, 15) is 4.79 Å². The first-order valence-corrected chi connectivity index (χ1v) is 10.1. The fourth-order valence-corrected chi connectivity index (χ4v) is 3.71. The van der Waals surface area contributed by atoms with Gasteiger partial charge in [0.2, 0.25) is 0 Å². The largest absolute Gasteiger partial charge is 0.451 e. The highest BCUT2D eigenvalue weighted by Gasteiger charge is 2.23. The van der Waals surface area contributed by atoms with Gasteiger partial charge in [-0.2, -0.15) is 0 Å². The summed E-state index contributed by atoms with van der Waals surface area (Å²) in [6.45, 7) is 6.74. The lowest BCUT2D eigenvalue weighted by molar-refractivity contribution is 0.0984. The predicted molar refractivity (Wildman–Crippen MR) is 116 cm³/mol. The maximum Gasteiger partial charge on any atom is 0.291 e. The van der Waals surface area contributed by atoms with E-state index in [0.29, 0.717) is 24.6 Å². The van der Waals surface area contributed by atoms with E-state index in [0.717, 1.165) is 48.5 Å². The summed E-state index contributed by atoms with van der Waals surface area (Å²) in [5, 5.41) is 3.98. The maximum absolute atomic E-state index is 13.2. The number of nitrogens with one attached hydrogen (secondary N) is 1. The average Bonchev–Trinajstić information content (AvgIpc) is 3.12. The molecule has 152 valence electrons. The molecule has 0 radical (unpaired) electrons. The van der Waals surface area contributed by atoms with Crippen LogP contribution in [-0.4, -0.2) is 50.6 Å². The number of furan rings is 1. The second kappa shape index (κ2) is 8.68.